The van der Waals surface area contributed by atoms with Crippen LogP contribution in [0.2, 0.25) is 0 Å². The molecule has 2 aliphatic heterocycles. The van der Waals surface area contributed by atoms with E-state index < -0.39 is 16.7 Å². The Morgan fingerprint density at radius 2 is 2.10 bits per heavy atom. The molecule has 2 rings (SSSR count). The predicted octanol–water partition coefficient (Wildman–Crippen LogP) is -1.19. The number of nitrogens with two attached hydrogens (primary N) is 1. The van der Waals surface area contributed by atoms with E-state index in [-0.39, 0.29) is 5.48 Å². The van der Waals surface area contributed by atoms with Gasteiger partial charge in [-0.05, 0) is 6.92 Å². The van der Waals surface area contributed by atoms with Gasteiger partial charge in [-0.2, -0.15) is 20.2 Å². The van der Waals surface area contributed by atoms with E-state index in [1.54, 1.807) is 13.0 Å². The molecule has 20 heavy (non-hydrogen) atoms. The molecule has 5 N–H and O–H groups in total. The minimum atomic E-state index is -4.61. The van der Waals surface area contributed by atoms with Crippen molar-refractivity contribution in [1.82, 2.24) is 9.96 Å². The highest BCUT2D eigenvalue weighted by Gasteiger charge is 2.27. The smallest absolute Gasteiger partial charge is 0.412 e. The third-order valence-corrected chi connectivity index (χ3v) is 3.99. The zero-order valence-corrected chi connectivity index (χ0v) is 12.5. The minimum Gasteiger partial charge on any atom is -0.412 e. The molecule has 11 heteroatoms. The maximum Gasteiger partial charge on any atom is 0.418 e. The highest BCUT2D eigenvalue weighted by Crippen LogP contribution is 2.19. The van der Waals surface area contributed by atoms with Gasteiger partial charge in [-0.3, -0.25) is 10.3 Å². The Morgan fingerprint density at radius 3 is 2.60 bits per heavy atom. The van der Waals surface area contributed by atoms with E-state index >= 15 is 0 Å². The summed E-state index contributed by atoms with van der Waals surface area (Å²) in [6.07, 6.45) is 0.682. The van der Waals surface area contributed by atoms with Gasteiger partial charge < -0.3 is 10.4 Å². The Kier molecular flexibility index (Phi) is 5.79. The van der Waals surface area contributed by atoms with Crippen LogP contribution in [0.1, 0.15) is 6.92 Å². The largest absolute Gasteiger partial charge is 0.418 e. The molecule has 1 fully saturated rings. The van der Waals surface area contributed by atoms with Crippen LogP contribution >= 0.6 is 11.8 Å². The van der Waals surface area contributed by atoms with Gasteiger partial charge in [0.15, 0.2) is 0 Å². The molecule has 0 saturated carbocycles. The first-order valence-corrected chi connectivity index (χ1v) is 8.19. The van der Waals surface area contributed by atoms with Crippen molar-refractivity contribution in [3.05, 3.63) is 11.8 Å². The summed E-state index contributed by atoms with van der Waals surface area (Å²) < 4.78 is 34.5. The quantitative estimate of drug-likeness (QED) is 0.603. The van der Waals surface area contributed by atoms with E-state index in [0.717, 1.165) is 29.7 Å². The molecule has 0 aliphatic carbocycles. The first-order valence-electron chi connectivity index (χ1n) is 5.67. The summed E-state index contributed by atoms with van der Waals surface area (Å²) in [5.74, 6) is 2.75. The van der Waals surface area contributed by atoms with Crippen LogP contribution in [0.4, 0.5) is 0 Å². The maximum absolute atomic E-state index is 10.7. The van der Waals surface area contributed by atoms with Gasteiger partial charge in [0.1, 0.15) is 5.84 Å². The highest BCUT2D eigenvalue weighted by molar-refractivity contribution is 7.99. The fourth-order valence-corrected chi connectivity index (χ4v) is 3.17. The molecule has 1 saturated heterocycles. The summed E-state index contributed by atoms with van der Waals surface area (Å²) in [5, 5.41) is 0.859. The van der Waals surface area contributed by atoms with Crippen LogP contribution in [0, 0.1) is 0 Å². The van der Waals surface area contributed by atoms with Crippen molar-refractivity contribution in [2.75, 3.05) is 24.6 Å². The molecule has 0 spiro atoms. The zero-order chi connectivity index (χ0) is 14.0. The van der Waals surface area contributed by atoms with Crippen LogP contribution in [-0.4, -0.2) is 65.1 Å². The number of allylic oxidation sites excluding steroid dienone is 1. The Hall–Kier alpha value is -0.850. The van der Waals surface area contributed by atoms with Crippen molar-refractivity contribution < 1.29 is 22.7 Å². The third-order valence-electron chi connectivity index (χ3n) is 2.70. The van der Waals surface area contributed by atoms with E-state index in [4.69, 9.17) is 10.3 Å². The lowest BCUT2D eigenvalue weighted by molar-refractivity contribution is -0.0613. The van der Waals surface area contributed by atoms with Gasteiger partial charge in [0.2, 0.25) is 6.29 Å². The first kappa shape index (κ1) is 17.2. The number of rotatable bonds is 2. The zero-order valence-electron chi connectivity index (χ0n) is 10.9. The summed E-state index contributed by atoms with van der Waals surface area (Å²) in [4.78, 5) is 6.27. The van der Waals surface area contributed by atoms with Crippen LogP contribution < -0.4 is 5.73 Å². The van der Waals surface area contributed by atoms with Gasteiger partial charge in [-0.1, -0.05) is 0 Å². The van der Waals surface area contributed by atoms with Crippen LogP contribution in [0.5, 0.6) is 0 Å². The number of hydroxylamine groups is 2. The van der Waals surface area contributed by atoms with Crippen LogP contribution in [0.15, 0.2) is 16.8 Å². The minimum absolute atomic E-state index is 0. The molecule has 0 aromatic carbocycles. The van der Waals surface area contributed by atoms with Crippen LogP contribution in [0.25, 0.3) is 0 Å². The Balaban J connectivity index is 0.00000200. The lowest BCUT2D eigenvalue weighted by Crippen LogP contribution is -2.47. The molecule has 2 aliphatic rings. The molecule has 116 valence electrons. The van der Waals surface area contributed by atoms with Gasteiger partial charge in [0.25, 0.3) is 0 Å². The van der Waals surface area contributed by atoms with Crippen molar-refractivity contribution in [2.45, 2.75) is 13.2 Å². The topological polar surface area (TPSA) is 140 Å². The lowest BCUT2D eigenvalue weighted by atomic mass is 10.3. The Bertz CT molecular complexity index is 500. The average Bonchev–Trinajstić information content (AvgIpc) is 2.33. The number of hydrogen-bond donors (Lipinski definition) is 2. The first-order chi connectivity index (χ1) is 8.87. The van der Waals surface area contributed by atoms with E-state index in [1.807, 2.05) is 11.8 Å². The second kappa shape index (κ2) is 6.74. The number of nitrogens with zero attached hydrogens (tertiary/aromatic N) is 3. The maximum atomic E-state index is 10.7. The fourth-order valence-electron chi connectivity index (χ4n) is 1.85. The van der Waals surface area contributed by atoms with Crippen LogP contribution in [0.3, 0.4) is 0 Å². The van der Waals surface area contributed by atoms with Gasteiger partial charge in [0, 0.05) is 36.4 Å². The summed E-state index contributed by atoms with van der Waals surface area (Å²) in [6, 6.07) is 0. The molecule has 0 amide bonds. The number of amidine groups is 1. The summed E-state index contributed by atoms with van der Waals surface area (Å²) in [7, 11) is -4.61. The standard InChI is InChI=1S/C9H16N4O4S2.H2O/c1-7-6-8(12-2-4-18-5-3-12)11-9(10)13(7)17-19(14,15)16;/h6,9H,2-5,10H2,1H3,(H,14,15,16);1H2. The molecule has 2 heterocycles. The molecule has 0 aromatic heterocycles. The molecular weight excluding hydrogens is 308 g/mol. The molecule has 0 bridgehead atoms. The fraction of sp³-hybridized carbons (Fsp3) is 0.667. The number of aliphatic imine (C=N–C) groups is 1. The number of hydrogen-bond acceptors (Lipinski definition) is 8. The van der Waals surface area contributed by atoms with Crippen molar-refractivity contribution in [3.8, 4) is 0 Å². The van der Waals surface area contributed by atoms with Gasteiger partial charge >= 0.3 is 10.4 Å². The lowest BCUT2D eigenvalue weighted by Gasteiger charge is -2.34. The molecule has 0 radical (unpaired) electrons. The summed E-state index contributed by atoms with van der Waals surface area (Å²) in [5.41, 5.74) is 6.20. The second-order valence-electron chi connectivity index (χ2n) is 4.11. The number of thioether (sulfide) groups is 1. The Morgan fingerprint density at radius 1 is 1.50 bits per heavy atom. The average molecular weight is 326 g/mol. The molecule has 0 aromatic rings. The molecule has 1 atom stereocenters. The Labute approximate surface area is 121 Å². The van der Waals surface area contributed by atoms with E-state index in [0.29, 0.717) is 11.5 Å². The van der Waals surface area contributed by atoms with Crippen molar-refractivity contribution in [2.24, 2.45) is 10.7 Å². The predicted molar refractivity (Wildman–Crippen MR) is 76.2 cm³/mol. The highest BCUT2D eigenvalue weighted by atomic mass is 32.3. The SMILES string of the molecule is CC1=CC(N2CCSCC2)=NC(N)N1OS(=O)(=O)O.O. The van der Waals surface area contributed by atoms with Gasteiger partial charge in [-0.25, -0.2) is 10.1 Å². The molecule has 1 unspecified atom stereocenters. The van der Waals surface area contributed by atoms with Crippen LogP contribution in [-0.2, 0) is 14.7 Å². The van der Waals surface area contributed by atoms with E-state index in [1.165, 1.54) is 0 Å². The van der Waals surface area contributed by atoms with E-state index in [9.17, 15) is 8.42 Å². The normalized spacial score (nSPS) is 23.9. The molecule has 9 nitrogen and oxygen atoms in total. The monoisotopic (exact) mass is 326 g/mol. The summed E-state index contributed by atoms with van der Waals surface area (Å²) >= 11 is 1.88. The third kappa shape index (κ3) is 4.33. The summed E-state index contributed by atoms with van der Waals surface area (Å²) in [6.45, 7) is 3.39. The van der Waals surface area contributed by atoms with Crippen molar-refractivity contribution in [3.63, 3.8) is 0 Å². The van der Waals surface area contributed by atoms with E-state index in [2.05, 4.69) is 14.2 Å². The van der Waals surface area contributed by atoms with Gasteiger partial charge in [-0.15, -0.1) is 4.28 Å². The van der Waals surface area contributed by atoms with Crippen molar-refractivity contribution in [1.29, 1.82) is 0 Å². The second-order valence-corrected chi connectivity index (χ2v) is 6.34. The van der Waals surface area contributed by atoms with Crippen molar-refractivity contribution >= 4 is 28.0 Å². The molecular formula is C9H18N4O5S2. The van der Waals surface area contributed by atoms with Gasteiger partial charge in [0.05, 0.1) is 0 Å².